The van der Waals surface area contributed by atoms with Gasteiger partial charge in [-0.2, -0.15) is 0 Å². The van der Waals surface area contributed by atoms with Crippen LogP contribution in [0.5, 0.6) is 0 Å². The molecule has 0 bridgehead atoms. The highest BCUT2D eigenvalue weighted by Crippen LogP contribution is 2.32. The monoisotopic (exact) mass is 477 g/mol. The van der Waals surface area contributed by atoms with Gasteiger partial charge in [0, 0.05) is 18.7 Å². The number of nitrogens with zero attached hydrogens (tertiary/aromatic N) is 1. The van der Waals surface area contributed by atoms with Crippen molar-refractivity contribution in [1.29, 1.82) is 0 Å². The number of esters is 1. The van der Waals surface area contributed by atoms with E-state index in [1.54, 1.807) is 0 Å². The average Bonchev–Trinajstić information content (AvgIpc) is 3.33. The van der Waals surface area contributed by atoms with E-state index in [9.17, 15) is 4.79 Å². The van der Waals surface area contributed by atoms with Gasteiger partial charge in [0.1, 0.15) is 0 Å². The van der Waals surface area contributed by atoms with Gasteiger partial charge in [0.2, 0.25) is 0 Å². The Balaban J connectivity index is 1.32. The lowest BCUT2D eigenvalue weighted by atomic mass is 10.0. The number of carbonyl (C=O) groups excluding carboxylic acids is 1. The molecule has 0 N–H and O–H groups in total. The van der Waals surface area contributed by atoms with E-state index in [1.165, 1.54) is 62.2 Å². The zero-order chi connectivity index (χ0) is 24.3. The van der Waals surface area contributed by atoms with Gasteiger partial charge in [0.25, 0.3) is 0 Å². The Morgan fingerprint density at radius 1 is 0.943 bits per heavy atom. The number of piperidine rings is 1. The van der Waals surface area contributed by atoms with Crippen molar-refractivity contribution in [1.82, 2.24) is 4.90 Å². The molecule has 35 heavy (non-hydrogen) atoms. The maximum absolute atomic E-state index is 11.2. The number of hydrogen-bond donors (Lipinski definition) is 0. The van der Waals surface area contributed by atoms with Gasteiger partial charge in [-0.1, -0.05) is 67.1 Å². The van der Waals surface area contributed by atoms with Crippen LogP contribution in [-0.2, 0) is 25.6 Å². The van der Waals surface area contributed by atoms with Crippen LogP contribution < -0.4 is 0 Å². The highest BCUT2D eigenvalue weighted by atomic mass is 16.5. The minimum Gasteiger partial charge on any atom is -0.466 e. The molecule has 2 aromatic rings. The number of methoxy groups -OCH3 is 1. The zero-order valence-electron chi connectivity index (χ0n) is 20.9. The van der Waals surface area contributed by atoms with Crippen molar-refractivity contribution in [2.24, 2.45) is 0 Å². The topological polar surface area (TPSA) is 48.0 Å². The third-order valence-electron chi connectivity index (χ3n) is 7.16. The van der Waals surface area contributed by atoms with E-state index in [0.717, 1.165) is 25.7 Å². The number of unbranched alkanes of at least 4 members (excludes halogenated alkanes) is 1. The molecule has 5 heteroatoms. The lowest BCUT2D eigenvalue weighted by Gasteiger charge is -2.36. The van der Waals surface area contributed by atoms with E-state index in [-0.39, 0.29) is 18.2 Å². The first-order valence-corrected chi connectivity index (χ1v) is 13.1. The third kappa shape index (κ3) is 7.50. The summed E-state index contributed by atoms with van der Waals surface area (Å²) in [5, 5.41) is 0. The van der Waals surface area contributed by atoms with Gasteiger partial charge in [-0.3, -0.25) is 4.90 Å². The highest BCUT2D eigenvalue weighted by Gasteiger charge is 2.41. The van der Waals surface area contributed by atoms with Crippen molar-refractivity contribution in [2.75, 3.05) is 26.8 Å². The number of carbonyl (C=O) groups is 1. The highest BCUT2D eigenvalue weighted by molar-refractivity contribution is 5.81. The molecule has 0 spiro atoms. The molecule has 188 valence electrons. The molecule has 0 aromatic heterocycles. The molecule has 1 heterocycles. The van der Waals surface area contributed by atoms with Crippen LogP contribution >= 0.6 is 0 Å². The molecular formula is C30H39NO4. The van der Waals surface area contributed by atoms with Gasteiger partial charge in [-0.05, 0) is 68.3 Å². The van der Waals surface area contributed by atoms with Crippen molar-refractivity contribution in [3.8, 4) is 11.1 Å². The Labute approximate surface area is 210 Å². The predicted octanol–water partition coefficient (Wildman–Crippen LogP) is 5.78. The Kier molecular flexibility index (Phi) is 9.94. The van der Waals surface area contributed by atoms with E-state index in [1.807, 2.05) is 12.1 Å². The first-order valence-electron chi connectivity index (χ1n) is 13.1. The summed E-state index contributed by atoms with van der Waals surface area (Å²) in [5.74, 6) is -0.308. The van der Waals surface area contributed by atoms with Gasteiger partial charge >= 0.3 is 5.97 Å². The number of ether oxygens (including phenoxy) is 3. The van der Waals surface area contributed by atoms with Crippen molar-refractivity contribution < 1.29 is 19.0 Å². The number of likely N-dealkylation sites (tertiary alicyclic amines) is 1. The maximum atomic E-state index is 11.2. The van der Waals surface area contributed by atoms with Gasteiger partial charge in [-0.15, -0.1) is 0 Å². The van der Waals surface area contributed by atoms with E-state index in [2.05, 4.69) is 58.2 Å². The summed E-state index contributed by atoms with van der Waals surface area (Å²) in [6.45, 7) is 3.61. The Morgan fingerprint density at radius 2 is 1.69 bits per heavy atom. The molecule has 4 rings (SSSR count). The summed E-state index contributed by atoms with van der Waals surface area (Å²) in [6.07, 6.45) is 11.3. The fourth-order valence-corrected chi connectivity index (χ4v) is 5.24. The molecule has 0 amide bonds. The molecule has 0 unspecified atom stereocenters. The van der Waals surface area contributed by atoms with Crippen LogP contribution in [0.15, 0.2) is 66.7 Å². The predicted molar refractivity (Wildman–Crippen MR) is 139 cm³/mol. The molecule has 2 aliphatic rings. The van der Waals surface area contributed by atoms with Crippen molar-refractivity contribution in [3.63, 3.8) is 0 Å². The molecule has 3 atom stereocenters. The van der Waals surface area contributed by atoms with Gasteiger partial charge in [0.15, 0.2) is 0 Å². The fraction of sp³-hybridized carbons (Fsp3) is 0.500. The molecule has 2 fully saturated rings. The van der Waals surface area contributed by atoms with Crippen LogP contribution in [0, 0.1) is 0 Å². The largest absolute Gasteiger partial charge is 0.466 e. The molecule has 1 aliphatic carbocycles. The van der Waals surface area contributed by atoms with Crippen molar-refractivity contribution in [2.45, 2.75) is 69.8 Å². The summed E-state index contributed by atoms with van der Waals surface area (Å²) in [7, 11) is 1.40. The maximum Gasteiger partial charge on any atom is 0.330 e. The van der Waals surface area contributed by atoms with E-state index < -0.39 is 0 Å². The molecule has 5 nitrogen and oxygen atoms in total. The molecular weight excluding hydrogens is 438 g/mol. The number of hydrogen-bond acceptors (Lipinski definition) is 5. The summed E-state index contributed by atoms with van der Waals surface area (Å²) in [5.41, 5.74) is 3.65. The van der Waals surface area contributed by atoms with Crippen molar-refractivity contribution in [3.05, 3.63) is 72.3 Å². The second kappa shape index (κ2) is 13.6. The molecule has 0 radical (unpaired) electrons. The smallest absolute Gasteiger partial charge is 0.330 e. The Morgan fingerprint density at radius 3 is 2.43 bits per heavy atom. The summed E-state index contributed by atoms with van der Waals surface area (Å²) in [6, 6.07) is 19.6. The molecule has 1 saturated heterocycles. The fourth-order valence-electron chi connectivity index (χ4n) is 5.24. The van der Waals surface area contributed by atoms with E-state index in [0.29, 0.717) is 19.3 Å². The normalized spacial score (nSPS) is 23.1. The van der Waals surface area contributed by atoms with Crippen LogP contribution in [0.2, 0.25) is 0 Å². The van der Waals surface area contributed by atoms with Crippen LogP contribution in [0.25, 0.3) is 11.1 Å². The minimum absolute atomic E-state index is 0.0984. The molecule has 1 saturated carbocycles. The Bertz CT molecular complexity index is 921. The van der Waals surface area contributed by atoms with E-state index in [4.69, 9.17) is 9.47 Å². The van der Waals surface area contributed by atoms with Crippen LogP contribution in [0.3, 0.4) is 0 Å². The minimum atomic E-state index is -0.308. The summed E-state index contributed by atoms with van der Waals surface area (Å²) in [4.78, 5) is 13.9. The van der Waals surface area contributed by atoms with Crippen LogP contribution in [0.4, 0.5) is 0 Å². The lowest BCUT2D eigenvalue weighted by molar-refractivity contribution is -0.134. The average molecular weight is 478 g/mol. The van der Waals surface area contributed by atoms with Crippen LogP contribution in [0.1, 0.15) is 50.5 Å². The summed E-state index contributed by atoms with van der Waals surface area (Å²) < 4.78 is 17.6. The third-order valence-corrected chi connectivity index (χ3v) is 7.16. The number of rotatable bonds is 11. The second-order valence-corrected chi connectivity index (χ2v) is 9.56. The lowest BCUT2D eigenvalue weighted by Crippen LogP contribution is -2.47. The molecule has 1 aliphatic heterocycles. The van der Waals surface area contributed by atoms with E-state index >= 15 is 0 Å². The van der Waals surface area contributed by atoms with Gasteiger partial charge in [0.05, 0.1) is 25.9 Å². The zero-order valence-corrected chi connectivity index (χ0v) is 20.9. The SMILES string of the molecule is COC(=O)C=CCCCO[C@H]1[C@@H](OCc2ccc(-c3ccccc3)cc2)CC[C@@H]1N1CCCCC1. The summed E-state index contributed by atoms with van der Waals surface area (Å²) >= 11 is 0. The van der Waals surface area contributed by atoms with Crippen molar-refractivity contribution >= 4 is 5.97 Å². The second-order valence-electron chi connectivity index (χ2n) is 9.56. The van der Waals surface area contributed by atoms with Crippen LogP contribution in [-0.4, -0.2) is 55.9 Å². The number of allylic oxidation sites excluding steroid dienone is 1. The first-order chi connectivity index (χ1) is 17.2. The number of benzene rings is 2. The Hall–Kier alpha value is -2.47. The first kappa shape index (κ1) is 25.6. The van der Waals surface area contributed by atoms with Gasteiger partial charge in [-0.25, -0.2) is 4.79 Å². The quantitative estimate of drug-likeness (QED) is 0.233. The standard InChI is InChI=1S/C30H39NO4/c1-33-29(32)13-7-3-10-22-34-30-27(31-20-8-4-9-21-31)18-19-28(30)35-23-24-14-16-26(17-15-24)25-11-5-2-6-12-25/h2,5-7,11-17,27-28,30H,3-4,8-10,18-23H2,1H3/t27-,28-,30+/m0/s1. The molecule has 2 aromatic carbocycles. The van der Waals surface area contributed by atoms with Gasteiger partial charge < -0.3 is 14.2 Å².